The summed E-state index contributed by atoms with van der Waals surface area (Å²) in [6.07, 6.45) is 10.2. The van der Waals surface area contributed by atoms with E-state index >= 15 is 0 Å². The van der Waals surface area contributed by atoms with Gasteiger partial charge in [-0.3, -0.25) is 0 Å². The molecule has 33 heavy (non-hydrogen) atoms. The van der Waals surface area contributed by atoms with Gasteiger partial charge in [-0.15, -0.1) is 0 Å². The van der Waals surface area contributed by atoms with Crippen molar-refractivity contribution in [2.45, 2.75) is 58.3 Å². The number of carbonyl (C=O) groups excluding carboxylic acids is 1. The molecule has 174 valence electrons. The van der Waals surface area contributed by atoms with Gasteiger partial charge in [0.2, 0.25) is 0 Å². The van der Waals surface area contributed by atoms with Crippen LogP contribution in [0.25, 0.3) is 10.8 Å². The topological polar surface area (TPSA) is 72.8 Å². The molecule has 0 unspecified atom stereocenters. The summed E-state index contributed by atoms with van der Waals surface area (Å²) in [4.78, 5) is 23.4. The Morgan fingerprint density at radius 1 is 0.697 bits per heavy atom. The molecule has 0 saturated carbocycles. The van der Waals surface area contributed by atoms with Crippen LogP contribution in [0.1, 0.15) is 79.0 Å². The van der Waals surface area contributed by atoms with Crippen molar-refractivity contribution in [3.63, 3.8) is 0 Å². The number of carbonyl (C=O) groups is 2. The van der Waals surface area contributed by atoms with Crippen molar-refractivity contribution in [2.75, 3.05) is 6.61 Å². The van der Waals surface area contributed by atoms with Crippen molar-refractivity contribution in [2.24, 2.45) is 0 Å². The Bertz CT molecular complexity index is 1060. The summed E-state index contributed by atoms with van der Waals surface area (Å²) in [6.45, 7) is 2.95. The van der Waals surface area contributed by atoms with E-state index in [0.29, 0.717) is 17.9 Å². The van der Waals surface area contributed by atoms with Gasteiger partial charge in [0.05, 0.1) is 17.7 Å². The van der Waals surface area contributed by atoms with Crippen LogP contribution in [-0.2, 0) is 0 Å². The Morgan fingerprint density at radius 2 is 1.27 bits per heavy atom. The van der Waals surface area contributed by atoms with Crippen LogP contribution in [0.3, 0.4) is 0 Å². The SMILES string of the molecule is CCCCCCCCCCOc1ccc2cc(C(=O)Oc3ccc(C(=O)O)cc3)ccc2c1. The van der Waals surface area contributed by atoms with Crippen molar-refractivity contribution < 1.29 is 24.2 Å². The summed E-state index contributed by atoms with van der Waals surface area (Å²) >= 11 is 0. The van der Waals surface area contributed by atoms with Gasteiger partial charge < -0.3 is 14.6 Å². The molecule has 0 fully saturated rings. The molecular formula is C28H32O5. The van der Waals surface area contributed by atoms with Crippen LogP contribution in [0.15, 0.2) is 60.7 Å². The highest BCUT2D eigenvalue weighted by atomic mass is 16.5. The maximum absolute atomic E-state index is 12.5. The van der Waals surface area contributed by atoms with Gasteiger partial charge in [0, 0.05) is 0 Å². The second kappa shape index (κ2) is 12.6. The van der Waals surface area contributed by atoms with Gasteiger partial charge in [-0.2, -0.15) is 0 Å². The zero-order valence-corrected chi connectivity index (χ0v) is 19.2. The van der Waals surface area contributed by atoms with E-state index in [2.05, 4.69) is 6.92 Å². The maximum Gasteiger partial charge on any atom is 0.343 e. The molecular weight excluding hydrogens is 416 g/mol. The lowest BCUT2D eigenvalue weighted by Gasteiger charge is -2.09. The predicted molar refractivity (Wildman–Crippen MR) is 130 cm³/mol. The molecule has 3 aromatic carbocycles. The summed E-state index contributed by atoms with van der Waals surface area (Å²) in [7, 11) is 0. The van der Waals surface area contributed by atoms with E-state index in [9.17, 15) is 9.59 Å². The van der Waals surface area contributed by atoms with Gasteiger partial charge in [-0.25, -0.2) is 9.59 Å². The molecule has 0 aliphatic carbocycles. The number of fused-ring (bicyclic) bond motifs is 1. The first kappa shape index (κ1) is 24.3. The Labute approximate surface area is 195 Å². The summed E-state index contributed by atoms with van der Waals surface area (Å²) in [5.41, 5.74) is 0.568. The highest BCUT2D eigenvalue weighted by Crippen LogP contribution is 2.23. The van der Waals surface area contributed by atoms with Crippen LogP contribution >= 0.6 is 0 Å². The molecule has 0 spiro atoms. The van der Waals surface area contributed by atoms with E-state index < -0.39 is 11.9 Å². The maximum atomic E-state index is 12.5. The predicted octanol–water partition coefficient (Wildman–Crippen LogP) is 7.28. The van der Waals surface area contributed by atoms with E-state index in [0.717, 1.165) is 22.9 Å². The lowest BCUT2D eigenvalue weighted by Crippen LogP contribution is -2.08. The summed E-state index contributed by atoms with van der Waals surface area (Å²) in [6, 6.07) is 17.0. The Balaban J connectivity index is 1.48. The van der Waals surface area contributed by atoms with Crippen molar-refractivity contribution in [3.8, 4) is 11.5 Å². The van der Waals surface area contributed by atoms with E-state index in [1.54, 1.807) is 12.1 Å². The van der Waals surface area contributed by atoms with Gasteiger partial charge in [-0.1, -0.05) is 64.0 Å². The van der Waals surface area contributed by atoms with E-state index in [1.807, 2.05) is 24.3 Å². The number of hydrogen-bond acceptors (Lipinski definition) is 4. The second-order valence-electron chi connectivity index (χ2n) is 8.27. The van der Waals surface area contributed by atoms with Crippen molar-refractivity contribution in [3.05, 3.63) is 71.8 Å². The number of unbranched alkanes of at least 4 members (excludes halogenated alkanes) is 7. The summed E-state index contributed by atoms with van der Waals surface area (Å²) < 4.78 is 11.3. The number of esters is 1. The lowest BCUT2D eigenvalue weighted by atomic mass is 10.1. The van der Waals surface area contributed by atoms with Gasteiger partial charge in [0.1, 0.15) is 11.5 Å². The molecule has 0 atom stereocenters. The second-order valence-corrected chi connectivity index (χ2v) is 8.27. The molecule has 3 rings (SSSR count). The molecule has 0 aromatic heterocycles. The molecule has 5 heteroatoms. The first-order valence-electron chi connectivity index (χ1n) is 11.8. The van der Waals surface area contributed by atoms with Crippen LogP contribution in [0, 0.1) is 0 Å². The molecule has 3 aromatic rings. The van der Waals surface area contributed by atoms with E-state index in [-0.39, 0.29) is 5.56 Å². The summed E-state index contributed by atoms with van der Waals surface area (Å²) in [5, 5.41) is 10.9. The zero-order chi connectivity index (χ0) is 23.5. The average Bonchev–Trinajstić information content (AvgIpc) is 2.83. The number of benzene rings is 3. The minimum Gasteiger partial charge on any atom is -0.494 e. The number of hydrogen-bond donors (Lipinski definition) is 1. The molecule has 0 aliphatic heterocycles. The minimum absolute atomic E-state index is 0.140. The zero-order valence-electron chi connectivity index (χ0n) is 19.2. The lowest BCUT2D eigenvalue weighted by molar-refractivity contribution is 0.0696. The molecule has 0 amide bonds. The van der Waals surface area contributed by atoms with Crippen molar-refractivity contribution >= 4 is 22.7 Å². The fraction of sp³-hybridized carbons (Fsp3) is 0.357. The van der Waals surface area contributed by atoms with Crippen LogP contribution in [0.4, 0.5) is 0 Å². The highest BCUT2D eigenvalue weighted by Gasteiger charge is 2.11. The normalized spacial score (nSPS) is 10.8. The number of rotatable bonds is 13. The standard InChI is InChI=1S/C28H32O5/c1-2-3-4-5-6-7-8-9-18-32-26-17-14-22-19-24(11-10-23(22)20-26)28(31)33-25-15-12-21(13-16-25)27(29)30/h10-17,19-20H,2-9,18H2,1H3,(H,29,30). The molecule has 0 saturated heterocycles. The van der Waals surface area contributed by atoms with E-state index in [1.165, 1.54) is 69.2 Å². The van der Waals surface area contributed by atoms with Crippen LogP contribution in [-0.4, -0.2) is 23.7 Å². The Morgan fingerprint density at radius 3 is 1.97 bits per heavy atom. The Kier molecular flexibility index (Phi) is 9.31. The smallest absolute Gasteiger partial charge is 0.343 e. The molecule has 0 aliphatic rings. The Hall–Kier alpha value is -3.34. The highest BCUT2D eigenvalue weighted by molar-refractivity contribution is 5.96. The van der Waals surface area contributed by atoms with Crippen molar-refractivity contribution in [1.82, 2.24) is 0 Å². The summed E-state index contributed by atoms with van der Waals surface area (Å²) in [5.74, 6) is -0.382. The number of ether oxygens (including phenoxy) is 2. The molecule has 0 radical (unpaired) electrons. The van der Waals surface area contributed by atoms with E-state index in [4.69, 9.17) is 14.6 Å². The van der Waals surface area contributed by atoms with Gasteiger partial charge in [0.15, 0.2) is 0 Å². The first-order chi connectivity index (χ1) is 16.1. The minimum atomic E-state index is -1.02. The third-order valence-corrected chi connectivity index (χ3v) is 5.63. The largest absolute Gasteiger partial charge is 0.494 e. The first-order valence-corrected chi connectivity index (χ1v) is 11.8. The van der Waals surface area contributed by atoms with Crippen molar-refractivity contribution in [1.29, 1.82) is 0 Å². The fourth-order valence-corrected chi connectivity index (χ4v) is 3.70. The third kappa shape index (κ3) is 7.63. The van der Waals surface area contributed by atoms with Gasteiger partial charge in [-0.05, 0) is 65.7 Å². The van der Waals surface area contributed by atoms with Gasteiger partial charge >= 0.3 is 11.9 Å². The molecule has 5 nitrogen and oxygen atoms in total. The quantitative estimate of drug-likeness (QED) is 0.169. The molecule has 0 bridgehead atoms. The number of aromatic carboxylic acids is 1. The average molecular weight is 449 g/mol. The third-order valence-electron chi connectivity index (χ3n) is 5.63. The number of carboxylic acids is 1. The van der Waals surface area contributed by atoms with Crippen LogP contribution < -0.4 is 9.47 Å². The monoisotopic (exact) mass is 448 g/mol. The van der Waals surface area contributed by atoms with Crippen LogP contribution in [0.5, 0.6) is 11.5 Å². The molecule has 0 heterocycles. The van der Waals surface area contributed by atoms with Gasteiger partial charge in [0.25, 0.3) is 0 Å². The molecule has 1 N–H and O–H groups in total. The fourth-order valence-electron chi connectivity index (χ4n) is 3.70. The number of carboxylic acid groups (broad SMARTS) is 1. The van der Waals surface area contributed by atoms with Crippen LogP contribution in [0.2, 0.25) is 0 Å².